The molecule has 2 aromatic rings. The molecular weight excluding hydrogens is 276 g/mol. The van der Waals surface area contributed by atoms with Gasteiger partial charge in [0.05, 0.1) is 22.5 Å². The summed E-state index contributed by atoms with van der Waals surface area (Å²) in [6.45, 7) is 4.47. The second-order valence-corrected chi connectivity index (χ2v) is 5.17. The van der Waals surface area contributed by atoms with E-state index in [-0.39, 0.29) is 6.42 Å². The maximum atomic E-state index is 10.2. The van der Waals surface area contributed by atoms with Crippen molar-refractivity contribution in [2.75, 3.05) is 0 Å². The molecular formula is C15H19ClN2O2. The Hall–Kier alpha value is -1.36. The van der Waals surface area contributed by atoms with E-state index >= 15 is 0 Å². The van der Waals surface area contributed by atoms with Crippen LogP contribution in [0.4, 0.5) is 0 Å². The lowest BCUT2D eigenvalue weighted by molar-refractivity contribution is 0.0178. The van der Waals surface area contributed by atoms with E-state index in [9.17, 15) is 10.2 Å². The summed E-state index contributed by atoms with van der Waals surface area (Å²) in [5, 5.41) is 25.3. The molecule has 2 atom stereocenters. The normalized spacial score (nSPS) is 14.2. The number of aromatic nitrogens is 2. The molecule has 1 aromatic carbocycles. The fourth-order valence-electron chi connectivity index (χ4n) is 2.25. The third kappa shape index (κ3) is 3.03. The molecule has 0 aliphatic heterocycles. The minimum atomic E-state index is -0.937. The van der Waals surface area contributed by atoms with Crippen LogP contribution < -0.4 is 0 Å². The molecule has 20 heavy (non-hydrogen) atoms. The molecule has 0 saturated heterocycles. The number of halogens is 1. The fourth-order valence-corrected chi connectivity index (χ4v) is 2.46. The summed E-state index contributed by atoms with van der Waals surface area (Å²) in [6, 6.07) is 9.11. The second kappa shape index (κ2) is 6.39. The van der Waals surface area contributed by atoms with Crippen LogP contribution in [0.1, 0.15) is 30.0 Å². The highest BCUT2D eigenvalue weighted by atomic mass is 35.5. The van der Waals surface area contributed by atoms with E-state index in [1.165, 1.54) is 0 Å². The molecule has 0 spiro atoms. The van der Waals surface area contributed by atoms with E-state index in [4.69, 9.17) is 11.6 Å². The monoisotopic (exact) mass is 294 g/mol. The van der Waals surface area contributed by atoms with E-state index in [0.717, 1.165) is 11.4 Å². The van der Waals surface area contributed by atoms with Gasteiger partial charge in [0.25, 0.3) is 0 Å². The molecule has 2 N–H and O–H groups in total. The Labute approximate surface area is 123 Å². The van der Waals surface area contributed by atoms with Crippen molar-refractivity contribution in [3.05, 3.63) is 52.3 Å². The predicted octanol–water partition coefficient (Wildman–Crippen LogP) is 2.50. The maximum Gasteiger partial charge on any atom is 0.105 e. The highest BCUT2D eigenvalue weighted by Gasteiger charge is 2.22. The first-order valence-corrected chi connectivity index (χ1v) is 7.05. The van der Waals surface area contributed by atoms with Crippen molar-refractivity contribution < 1.29 is 10.2 Å². The molecule has 108 valence electrons. The van der Waals surface area contributed by atoms with Gasteiger partial charge in [-0.1, -0.05) is 41.9 Å². The number of hydrogen-bond acceptors (Lipinski definition) is 3. The molecule has 0 aliphatic rings. The third-order valence-corrected chi connectivity index (χ3v) is 3.85. The standard InChI is InChI=1S/C15H19ClN2O2/c1-3-18-12(14(16)10(2)17-18)9-13(19)15(20)11-7-5-4-6-8-11/h4-8,13,15,19-20H,3,9H2,1-2H3. The molecule has 0 bridgehead atoms. The summed E-state index contributed by atoms with van der Waals surface area (Å²) in [4.78, 5) is 0. The Balaban J connectivity index is 2.18. The highest BCUT2D eigenvalue weighted by Crippen LogP contribution is 2.25. The maximum absolute atomic E-state index is 10.2. The van der Waals surface area contributed by atoms with Gasteiger partial charge in [-0.15, -0.1) is 0 Å². The van der Waals surface area contributed by atoms with Gasteiger partial charge in [0, 0.05) is 13.0 Å². The zero-order valence-electron chi connectivity index (χ0n) is 11.6. The van der Waals surface area contributed by atoms with Crippen molar-refractivity contribution in [1.82, 2.24) is 9.78 Å². The summed E-state index contributed by atoms with van der Waals surface area (Å²) in [5.74, 6) is 0. The van der Waals surface area contributed by atoms with Crippen LogP contribution in [-0.2, 0) is 13.0 Å². The number of benzene rings is 1. The lowest BCUT2D eigenvalue weighted by Gasteiger charge is -2.18. The highest BCUT2D eigenvalue weighted by molar-refractivity contribution is 6.31. The van der Waals surface area contributed by atoms with Crippen LogP contribution in [0, 0.1) is 6.92 Å². The zero-order chi connectivity index (χ0) is 14.7. The number of aliphatic hydroxyl groups is 2. The number of rotatable bonds is 5. The smallest absolute Gasteiger partial charge is 0.105 e. The average molecular weight is 295 g/mol. The van der Waals surface area contributed by atoms with Crippen LogP contribution in [0.25, 0.3) is 0 Å². The van der Waals surface area contributed by atoms with Crippen molar-refractivity contribution in [3.63, 3.8) is 0 Å². The first kappa shape index (κ1) is 15.0. The first-order valence-electron chi connectivity index (χ1n) is 6.67. The SMILES string of the molecule is CCn1nc(C)c(Cl)c1CC(O)C(O)c1ccccc1. The molecule has 0 radical (unpaired) electrons. The van der Waals surface area contributed by atoms with Gasteiger partial charge >= 0.3 is 0 Å². The van der Waals surface area contributed by atoms with Crippen molar-refractivity contribution in [1.29, 1.82) is 0 Å². The summed E-state index contributed by atoms with van der Waals surface area (Å²) in [6.07, 6.45) is -1.59. The minimum Gasteiger partial charge on any atom is -0.390 e. The van der Waals surface area contributed by atoms with Crippen LogP contribution >= 0.6 is 11.6 Å². The van der Waals surface area contributed by atoms with Gasteiger partial charge in [-0.2, -0.15) is 5.10 Å². The van der Waals surface area contributed by atoms with Gasteiger partial charge in [0.2, 0.25) is 0 Å². The van der Waals surface area contributed by atoms with Gasteiger partial charge in [0.15, 0.2) is 0 Å². The zero-order valence-corrected chi connectivity index (χ0v) is 12.4. The topological polar surface area (TPSA) is 58.3 Å². The summed E-state index contributed by atoms with van der Waals surface area (Å²) in [5.41, 5.74) is 2.19. The van der Waals surface area contributed by atoms with Crippen LogP contribution in [0.3, 0.4) is 0 Å². The van der Waals surface area contributed by atoms with Gasteiger partial charge in [-0.3, -0.25) is 4.68 Å². The molecule has 0 aliphatic carbocycles. The van der Waals surface area contributed by atoms with E-state index in [1.807, 2.05) is 32.0 Å². The third-order valence-electron chi connectivity index (χ3n) is 3.36. The first-order chi connectivity index (χ1) is 9.54. The molecule has 4 nitrogen and oxygen atoms in total. The van der Waals surface area contributed by atoms with Gasteiger partial charge in [-0.25, -0.2) is 0 Å². The lowest BCUT2D eigenvalue weighted by atomic mass is 10.0. The number of hydrogen-bond donors (Lipinski definition) is 2. The van der Waals surface area contributed by atoms with E-state index in [1.54, 1.807) is 16.8 Å². The van der Waals surface area contributed by atoms with Crippen molar-refractivity contribution >= 4 is 11.6 Å². The van der Waals surface area contributed by atoms with E-state index < -0.39 is 12.2 Å². The molecule has 0 fully saturated rings. The lowest BCUT2D eigenvalue weighted by Crippen LogP contribution is -2.22. The Kier molecular flexibility index (Phi) is 4.81. The summed E-state index contributed by atoms with van der Waals surface area (Å²) < 4.78 is 1.76. The molecule has 0 amide bonds. The molecule has 0 saturated carbocycles. The number of aryl methyl sites for hydroxylation is 2. The molecule has 1 aromatic heterocycles. The van der Waals surface area contributed by atoms with Crippen LogP contribution in [0.2, 0.25) is 5.02 Å². The van der Waals surface area contributed by atoms with E-state index in [2.05, 4.69) is 5.10 Å². The Morgan fingerprint density at radius 1 is 1.25 bits per heavy atom. The molecule has 2 rings (SSSR count). The second-order valence-electron chi connectivity index (χ2n) is 4.79. The molecule has 2 unspecified atom stereocenters. The number of aliphatic hydroxyl groups excluding tert-OH is 2. The van der Waals surface area contributed by atoms with Gasteiger partial charge < -0.3 is 10.2 Å². The minimum absolute atomic E-state index is 0.267. The van der Waals surface area contributed by atoms with Crippen molar-refractivity contribution in [2.24, 2.45) is 0 Å². The van der Waals surface area contributed by atoms with Crippen molar-refractivity contribution in [2.45, 2.75) is 39.0 Å². The van der Waals surface area contributed by atoms with Crippen LogP contribution in [0.5, 0.6) is 0 Å². The fraction of sp³-hybridized carbons (Fsp3) is 0.400. The Morgan fingerprint density at radius 2 is 1.90 bits per heavy atom. The largest absolute Gasteiger partial charge is 0.390 e. The quantitative estimate of drug-likeness (QED) is 0.891. The molecule has 5 heteroatoms. The summed E-state index contributed by atoms with van der Waals surface area (Å²) in [7, 11) is 0. The van der Waals surface area contributed by atoms with Gasteiger partial charge in [-0.05, 0) is 19.4 Å². The van der Waals surface area contributed by atoms with E-state index in [0.29, 0.717) is 17.1 Å². The van der Waals surface area contributed by atoms with Crippen molar-refractivity contribution in [3.8, 4) is 0 Å². The predicted molar refractivity (Wildman–Crippen MR) is 78.8 cm³/mol. The van der Waals surface area contributed by atoms with Crippen LogP contribution in [-0.4, -0.2) is 26.1 Å². The number of nitrogens with zero attached hydrogens (tertiary/aromatic N) is 2. The molecule has 1 heterocycles. The average Bonchev–Trinajstić information content (AvgIpc) is 2.75. The summed E-state index contributed by atoms with van der Waals surface area (Å²) >= 11 is 6.21. The Bertz CT molecular complexity index is 569. The van der Waals surface area contributed by atoms with Crippen LogP contribution in [0.15, 0.2) is 30.3 Å². The Morgan fingerprint density at radius 3 is 2.50 bits per heavy atom. The van der Waals surface area contributed by atoms with Gasteiger partial charge in [0.1, 0.15) is 6.10 Å².